The largest absolute Gasteiger partial charge is 0.481 e. The number of amides is 2. The number of carboxylic acids is 1. The minimum atomic E-state index is -0.855. The maximum absolute atomic E-state index is 12.1. The van der Waals surface area contributed by atoms with E-state index in [1.807, 2.05) is 9.80 Å². The first-order valence-electron chi connectivity index (χ1n) is 7.83. The molecule has 0 unspecified atom stereocenters. The van der Waals surface area contributed by atoms with Gasteiger partial charge in [0.05, 0.1) is 0 Å². The third kappa shape index (κ3) is 4.72. The first-order chi connectivity index (χ1) is 10.1. The van der Waals surface area contributed by atoms with E-state index in [1.165, 1.54) is 0 Å². The average Bonchev–Trinajstić information content (AvgIpc) is 2.84. The predicted molar refractivity (Wildman–Crippen MR) is 76.6 cm³/mol. The van der Waals surface area contributed by atoms with Crippen LogP contribution in [0.3, 0.4) is 0 Å². The third-order valence-corrected chi connectivity index (χ3v) is 4.30. The SMILES string of the molecule is O=C(O)CCCC(=O)N1CCC[C@H](CN2CCCC2=O)C1. The topological polar surface area (TPSA) is 77.9 Å². The summed E-state index contributed by atoms with van der Waals surface area (Å²) in [6.45, 7) is 3.08. The van der Waals surface area contributed by atoms with Crippen LogP contribution in [0.2, 0.25) is 0 Å². The van der Waals surface area contributed by atoms with Gasteiger partial charge in [-0.05, 0) is 31.6 Å². The lowest BCUT2D eigenvalue weighted by atomic mass is 9.97. The third-order valence-electron chi connectivity index (χ3n) is 4.30. The van der Waals surface area contributed by atoms with E-state index < -0.39 is 5.97 Å². The number of piperidine rings is 1. The number of nitrogens with zero attached hydrogens (tertiary/aromatic N) is 2. The molecule has 2 amide bonds. The Hall–Kier alpha value is -1.59. The quantitative estimate of drug-likeness (QED) is 0.796. The van der Waals surface area contributed by atoms with Gasteiger partial charge in [-0.2, -0.15) is 0 Å². The van der Waals surface area contributed by atoms with Gasteiger partial charge in [0.1, 0.15) is 0 Å². The first-order valence-corrected chi connectivity index (χ1v) is 7.83. The van der Waals surface area contributed by atoms with Gasteiger partial charge in [-0.1, -0.05) is 0 Å². The summed E-state index contributed by atoms with van der Waals surface area (Å²) in [5, 5.41) is 8.60. The highest BCUT2D eigenvalue weighted by Gasteiger charge is 2.28. The summed E-state index contributed by atoms with van der Waals surface area (Å²) in [6.07, 6.45) is 4.39. The Morgan fingerprint density at radius 1 is 1.19 bits per heavy atom. The van der Waals surface area contributed by atoms with E-state index in [0.717, 1.165) is 38.9 Å². The second-order valence-electron chi connectivity index (χ2n) is 6.04. The van der Waals surface area contributed by atoms with Gasteiger partial charge >= 0.3 is 5.97 Å². The van der Waals surface area contributed by atoms with Crippen molar-refractivity contribution >= 4 is 17.8 Å². The van der Waals surface area contributed by atoms with Crippen molar-refractivity contribution in [2.75, 3.05) is 26.2 Å². The smallest absolute Gasteiger partial charge is 0.303 e. The number of likely N-dealkylation sites (tertiary alicyclic amines) is 2. The van der Waals surface area contributed by atoms with Crippen LogP contribution in [0.4, 0.5) is 0 Å². The Bertz CT molecular complexity index is 410. The summed E-state index contributed by atoms with van der Waals surface area (Å²) in [6, 6.07) is 0. The van der Waals surface area contributed by atoms with Crippen LogP contribution in [0.25, 0.3) is 0 Å². The van der Waals surface area contributed by atoms with Crippen LogP contribution in [0.1, 0.15) is 44.9 Å². The Labute approximate surface area is 125 Å². The van der Waals surface area contributed by atoms with Crippen molar-refractivity contribution in [2.24, 2.45) is 5.92 Å². The fourth-order valence-electron chi connectivity index (χ4n) is 3.20. The molecule has 6 nitrogen and oxygen atoms in total. The van der Waals surface area contributed by atoms with E-state index in [9.17, 15) is 14.4 Å². The van der Waals surface area contributed by atoms with Crippen molar-refractivity contribution in [2.45, 2.75) is 44.9 Å². The standard InChI is InChI=1S/C15H24N2O4/c18-13(5-1-7-15(20)21)16-8-2-4-12(10-16)11-17-9-3-6-14(17)19/h12H,1-11H2,(H,20,21)/t12-/m0/s1. The van der Waals surface area contributed by atoms with E-state index in [-0.39, 0.29) is 18.2 Å². The number of rotatable bonds is 6. The second kappa shape index (κ2) is 7.43. The summed E-state index contributed by atoms with van der Waals surface area (Å²) in [5.41, 5.74) is 0. The Morgan fingerprint density at radius 2 is 2.00 bits per heavy atom. The molecule has 0 bridgehead atoms. The molecule has 2 rings (SSSR count). The number of hydrogen-bond acceptors (Lipinski definition) is 3. The highest BCUT2D eigenvalue weighted by Crippen LogP contribution is 2.21. The molecule has 1 N–H and O–H groups in total. The van der Waals surface area contributed by atoms with Crippen LogP contribution in [0.5, 0.6) is 0 Å². The van der Waals surface area contributed by atoms with Crippen molar-refractivity contribution in [1.82, 2.24) is 9.80 Å². The normalized spacial score (nSPS) is 22.7. The number of aliphatic carboxylic acids is 1. The number of carbonyl (C=O) groups excluding carboxylic acids is 2. The Balaban J connectivity index is 1.75. The lowest BCUT2D eigenvalue weighted by Crippen LogP contribution is -2.44. The monoisotopic (exact) mass is 296 g/mol. The zero-order valence-electron chi connectivity index (χ0n) is 12.4. The summed E-state index contributed by atoms with van der Waals surface area (Å²) < 4.78 is 0. The zero-order chi connectivity index (χ0) is 15.2. The summed E-state index contributed by atoms with van der Waals surface area (Å²) >= 11 is 0. The summed E-state index contributed by atoms with van der Waals surface area (Å²) in [5.74, 6) is -0.204. The molecule has 1 atom stereocenters. The molecular weight excluding hydrogens is 272 g/mol. The van der Waals surface area contributed by atoms with Gasteiger partial charge in [-0.3, -0.25) is 14.4 Å². The molecule has 0 aromatic carbocycles. The van der Waals surface area contributed by atoms with E-state index >= 15 is 0 Å². The molecule has 0 aromatic heterocycles. The maximum atomic E-state index is 12.1. The van der Waals surface area contributed by atoms with E-state index in [0.29, 0.717) is 31.7 Å². The van der Waals surface area contributed by atoms with Gasteiger partial charge in [0.2, 0.25) is 11.8 Å². The van der Waals surface area contributed by atoms with Crippen LogP contribution >= 0.6 is 0 Å². The minimum absolute atomic E-state index is 0.0469. The molecular formula is C15H24N2O4. The molecule has 2 saturated heterocycles. The van der Waals surface area contributed by atoms with Gasteiger partial charge in [0.15, 0.2) is 0 Å². The molecule has 0 aliphatic carbocycles. The van der Waals surface area contributed by atoms with Gasteiger partial charge in [0, 0.05) is 45.4 Å². The van der Waals surface area contributed by atoms with Crippen LogP contribution in [-0.4, -0.2) is 58.9 Å². The summed E-state index contributed by atoms with van der Waals surface area (Å²) in [4.78, 5) is 38.0. The fourth-order valence-corrected chi connectivity index (χ4v) is 3.20. The van der Waals surface area contributed by atoms with Crippen LogP contribution in [0, 0.1) is 5.92 Å². The van der Waals surface area contributed by atoms with Gasteiger partial charge in [0.25, 0.3) is 0 Å². The molecule has 21 heavy (non-hydrogen) atoms. The Morgan fingerprint density at radius 3 is 2.67 bits per heavy atom. The molecule has 2 aliphatic heterocycles. The molecule has 6 heteroatoms. The average molecular weight is 296 g/mol. The van der Waals surface area contributed by atoms with Gasteiger partial charge < -0.3 is 14.9 Å². The van der Waals surface area contributed by atoms with Crippen molar-refractivity contribution < 1.29 is 19.5 Å². The molecule has 0 spiro atoms. The fraction of sp³-hybridized carbons (Fsp3) is 0.800. The van der Waals surface area contributed by atoms with Crippen LogP contribution < -0.4 is 0 Å². The highest BCUT2D eigenvalue weighted by molar-refractivity contribution is 5.78. The van der Waals surface area contributed by atoms with Crippen LogP contribution in [0.15, 0.2) is 0 Å². The molecule has 0 saturated carbocycles. The van der Waals surface area contributed by atoms with Crippen LogP contribution in [-0.2, 0) is 14.4 Å². The lowest BCUT2D eigenvalue weighted by molar-refractivity contribution is -0.137. The number of carboxylic acid groups (broad SMARTS) is 1. The second-order valence-corrected chi connectivity index (χ2v) is 6.04. The molecule has 2 aliphatic rings. The lowest BCUT2D eigenvalue weighted by Gasteiger charge is -2.34. The van der Waals surface area contributed by atoms with Crippen molar-refractivity contribution in [1.29, 1.82) is 0 Å². The van der Waals surface area contributed by atoms with Crippen molar-refractivity contribution in [3.8, 4) is 0 Å². The van der Waals surface area contributed by atoms with Crippen molar-refractivity contribution in [3.05, 3.63) is 0 Å². The zero-order valence-corrected chi connectivity index (χ0v) is 12.4. The molecule has 2 fully saturated rings. The predicted octanol–water partition coefficient (Wildman–Crippen LogP) is 1.10. The molecule has 118 valence electrons. The molecule has 0 aromatic rings. The molecule has 0 radical (unpaired) electrons. The Kier molecular flexibility index (Phi) is 5.59. The number of hydrogen-bond donors (Lipinski definition) is 1. The van der Waals surface area contributed by atoms with E-state index in [4.69, 9.17) is 5.11 Å². The van der Waals surface area contributed by atoms with E-state index in [1.54, 1.807) is 0 Å². The highest BCUT2D eigenvalue weighted by atomic mass is 16.4. The number of carbonyl (C=O) groups is 3. The van der Waals surface area contributed by atoms with Crippen molar-refractivity contribution in [3.63, 3.8) is 0 Å². The van der Waals surface area contributed by atoms with E-state index in [2.05, 4.69) is 0 Å². The van der Waals surface area contributed by atoms with Gasteiger partial charge in [-0.25, -0.2) is 0 Å². The maximum Gasteiger partial charge on any atom is 0.303 e. The minimum Gasteiger partial charge on any atom is -0.481 e. The summed E-state index contributed by atoms with van der Waals surface area (Å²) in [7, 11) is 0. The first kappa shape index (κ1) is 15.8. The molecule has 2 heterocycles. The van der Waals surface area contributed by atoms with Gasteiger partial charge in [-0.15, -0.1) is 0 Å².